The number of hydrogen-bond acceptors (Lipinski definition) is 5. The van der Waals surface area contributed by atoms with Gasteiger partial charge in [0.15, 0.2) is 0 Å². The van der Waals surface area contributed by atoms with Crippen LogP contribution in [0.15, 0.2) is 30.6 Å². The lowest BCUT2D eigenvalue weighted by molar-refractivity contribution is -0.388. The van der Waals surface area contributed by atoms with Gasteiger partial charge >= 0.3 is 5.82 Å². The maximum atomic E-state index is 13.0. The Balaban J connectivity index is 1.68. The van der Waals surface area contributed by atoms with Gasteiger partial charge in [0.2, 0.25) is 12.1 Å². The zero-order valence-corrected chi connectivity index (χ0v) is 13.6. The van der Waals surface area contributed by atoms with Crippen LogP contribution in [0, 0.1) is 15.9 Å². The first-order valence-corrected chi connectivity index (χ1v) is 7.92. The molecule has 0 aliphatic carbocycles. The van der Waals surface area contributed by atoms with E-state index in [2.05, 4.69) is 9.88 Å². The molecule has 1 aromatic heterocycles. The van der Waals surface area contributed by atoms with E-state index in [1.54, 1.807) is 23.7 Å². The second kappa shape index (κ2) is 6.96. The number of halogens is 1. The summed E-state index contributed by atoms with van der Waals surface area (Å²) >= 11 is 0. The summed E-state index contributed by atoms with van der Waals surface area (Å²) in [6.07, 6.45) is 2.39. The van der Waals surface area contributed by atoms with Crippen molar-refractivity contribution < 1.29 is 9.31 Å². The highest BCUT2D eigenvalue weighted by molar-refractivity contribution is 5.54. The molecule has 0 spiro atoms. The summed E-state index contributed by atoms with van der Waals surface area (Å²) in [7, 11) is 1.77. The lowest BCUT2D eigenvalue weighted by Crippen LogP contribution is -2.31. The quantitative estimate of drug-likeness (QED) is 0.634. The lowest BCUT2D eigenvalue weighted by Gasteiger charge is -2.22. The molecule has 7 nitrogen and oxygen atoms in total. The van der Waals surface area contributed by atoms with Gasteiger partial charge in [0.1, 0.15) is 5.82 Å². The molecule has 1 aromatic carbocycles. The summed E-state index contributed by atoms with van der Waals surface area (Å²) < 4.78 is 14.7. The van der Waals surface area contributed by atoms with Crippen molar-refractivity contribution in [2.24, 2.45) is 7.05 Å². The molecule has 2 aromatic rings. The smallest absolute Gasteiger partial charge is 0.358 e. The Hall–Kier alpha value is -2.48. The number of imidazole rings is 1. The fraction of sp³-hybridized carbons (Fsp3) is 0.438. The van der Waals surface area contributed by atoms with E-state index in [1.807, 2.05) is 4.90 Å². The summed E-state index contributed by atoms with van der Waals surface area (Å²) in [5.41, 5.74) is 1.07. The maximum absolute atomic E-state index is 13.0. The van der Waals surface area contributed by atoms with Gasteiger partial charge in [-0.3, -0.25) is 9.47 Å². The van der Waals surface area contributed by atoms with Crippen LogP contribution in [0.4, 0.5) is 16.0 Å². The maximum Gasteiger partial charge on any atom is 0.406 e. The molecule has 128 valence electrons. The van der Waals surface area contributed by atoms with Crippen LogP contribution in [0.1, 0.15) is 12.0 Å². The fourth-order valence-electron chi connectivity index (χ4n) is 3.09. The molecule has 2 heterocycles. The van der Waals surface area contributed by atoms with Crippen LogP contribution in [0.25, 0.3) is 0 Å². The molecule has 0 unspecified atom stereocenters. The fourth-order valence-corrected chi connectivity index (χ4v) is 3.09. The monoisotopic (exact) mass is 333 g/mol. The second-order valence-corrected chi connectivity index (χ2v) is 6.00. The minimum absolute atomic E-state index is 0.0931. The number of aromatic nitrogens is 2. The summed E-state index contributed by atoms with van der Waals surface area (Å²) in [4.78, 5) is 18.9. The van der Waals surface area contributed by atoms with E-state index in [9.17, 15) is 14.5 Å². The Bertz CT molecular complexity index is 716. The first-order chi connectivity index (χ1) is 11.5. The van der Waals surface area contributed by atoms with Crippen LogP contribution in [-0.4, -0.2) is 45.6 Å². The molecule has 24 heavy (non-hydrogen) atoms. The van der Waals surface area contributed by atoms with Crippen LogP contribution >= 0.6 is 0 Å². The van der Waals surface area contributed by atoms with Crippen molar-refractivity contribution >= 4 is 11.6 Å². The molecule has 1 saturated heterocycles. The molecule has 0 radical (unpaired) electrons. The van der Waals surface area contributed by atoms with Gasteiger partial charge in [0.05, 0.1) is 0 Å². The van der Waals surface area contributed by atoms with Crippen molar-refractivity contribution in [3.63, 3.8) is 0 Å². The average Bonchev–Trinajstić information content (AvgIpc) is 2.80. The number of rotatable bonds is 4. The molecule has 8 heteroatoms. The predicted octanol–water partition coefficient (Wildman–Crippen LogP) is 2.18. The summed E-state index contributed by atoms with van der Waals surface area (Å²) in [6.45, 7) is 3.89. The van der Waals surface area contributed by atoms with Gasteiger partial charge in [0.25, 0.3) is 0 Å². The van der Waals surface area contributed by atoms with E-state index in [0.29, 0.717) is 12.4 Å². The molecular weight excluding hydrogens is 313 g/mol. The SMILES string of the molecule is Cn1cnc([N+](=O)[O-])c1N1CCCN(Cc2ccc(F)cc2)CC1. The second-order valence-electron chi connectivity index (χ2n) is 6.00. The van der Waals surface area contributed by atoms with Crippen LogP contribution in [0.5, 0.6) is 0 Å². The third-order valence-electron chi connectivity index (χ3n) is 4.27. The van der Waals surface area contributed by atoms with Crippen molar-refractivity contribution in [1.29, 1.82) is 0 Å². The van der Waals surface area contributed by atoms with Gasteiger partial charge in [-0.1, -0.05) is 12.1 Å². The van der Waals surface area contributed by atoms with Gasteiger partial charge in [0, 0.05) is 39.8 Å². The molecule has 0 bridgehead atoms. The van der Waals surface area contributed by atoms with Gasteiger partial charge in [-0.2, -0.15) is 0 Å². The Labute approximate surface area is 139 Å². The largest absolute Gasteiger partial charge is 0.406 e. The van der Waals surface area contributed by atoms with E-state index in [1.165, 1.54) is 18.5 Å². The Morgan fingerprint density at radius 3 is 2.67 bits per heavy atom. The van der Waals surface area contributed by atoms with Gasteiger partial charge in [-0.05, 0) is 34.0 Å². The zero-order valence-electron chi connectivity index (χ0n) is 13.6. The van der Waals surface area contributed by atoms with Crippen LogP contribution in [0.3, 0.4) is 0 Å². The van der Waals surface area contributed by atoms with Gasteiger partial charge in [-0.15, -0.1) is 0 Å². The highest BCUT2D eigenvalue weighted by Gasteiger charge is 2.27. The van der Waals surface area contributed by atoms with Crippen LogP contribution in [0.2, 0.25) is 0 Å². The van der Waals surface area contributed by atoms with E-state index >= 15 is 0 Å². The predicted molar refractivity (Wildman–Crippen MR) is 88.4 cm³/mol. The molecule has 1 fully saturated rings. The van der Waals surface area contributed by atoms with E-state index in [-0.39, 0.29) is 11.6 Å². The van der Waals surface area contributed by atoms with E-state index < -0.39 is 4.92 Å². The summed E-state index contributed by atoms with van der Waals surface area (Å²) in [6, 6.07) is 6.53. The standard InChI is InChI=1S/C16H20FN5O2/c1-19-12-18-15(22(23)24)16(19)21-8-2-7-20(9-10-21)11-13-3-5-14(17)6-4-13/h3-6,12H,2,7-11H2,1H3. The number of nitrogens with zero attached hydrogens (tertiary/aromatic N) is 5. The Morgan fingerprint density at radius 1 is 1.21 bits per heavy atom. The summed E-state index contributed by atoms with van der Waals surface area (Å²) in [5, 5.41) is 11.2. The third kappa shape index (κ3) is 3.53. The van der Waals surface area contributed by atoms with E-state index in [0.717, 1.165) is 38.2 Å². The number of hydrogen-bond donors (Lipinski definition) is 0. The molecule has 1 aliphatic rings. The van der Waals surface area contributed by atoms with Crippen molar-refractivity contribution in [2.75, 3.05) is 31.1 Å². The van der Waals surface area contributed by atoms with Crippen molar-refractivity contribution in [3.8, 4) is 0 Å². The van der Waals surface area contributed by atoms with Crippen molar-refractivity contribution in [1.82, 2.24) is 14.5 Å². The minimum atomic E-state index is -0.434. The molecule has 0 atom stereocenters. The average molecular weight is 333 g/mol. The topological polar surface area (TPSA) is 67.4 Å². The summed E-state index contributed by atoms with van der Waals surface area (Å²) in [5.74, 6) is 0.234. The number of aryl methyl sites for hydroxylation is 1. The van der Waals surface area contributed by atoms with E-state index in [4.69, 9.17) is 0 Å². The highest BCUT2D eigenvalue weighted by atomic mass is 19.1. The normalized spacial score (nSPS) is 16.2. The number of anilines is 1. The third-order valence-corrected chi connectivity index (χ3v) is 4.27. The van der Waals surface area contributed by atoms with Gasteiger partial charge in [-0.25, -0.2) is 4.39 Å². The lowest BCUT2D eigenvalue weighted by atomic mass is 10.2. The highest BCUT2D eigenvalue weighted by Crippen LogP contribution is 2.26. The Kier molecular flexibility index (Phi) is 4.75. The molecule has 3 rings (SSSR count). The van der Waals surface area contributed by atoms with Crippen LogP contribution in [-0.2, 0) is 13.6 Å². The zero-order chi connectivity index (χ0) is 17.1. The molecule has 0 amide bonds. The number of benzene rings is 1. The van der Waals surface area contributed by atoms with Gasteiger partial charge < -0.3 is 15.0 Å². The molecular formula is C16H20FN5O2. The first kappa shape index (κ1) is 16.4. The number of nitro groups is 1. The Morgan fingerprint density at radius 2 is 1.96 bits per heavy atom. The van der Waals surface area contributed by atoms with Crippen molar-refractivity contribution in [2.45, 2.75) is 13.0 Å². The molecule has 0 N–H and O–H groups in total. The minimum Gasteiger partial charge on any atom is -0.358 e. The van der Waals surface area contributed by atoms with Crippen molar-refractivity contribution in [3.05, 3.63) is 52.1 Å². The molecule has 1 aliphatic heterocycles. The van der Waals surface area contributed by atoms with Crippen LogP contribution < -0.4 is 4.90 Å². The molecule has 0 saturated carbocycles. The first-order valence-electron chi connectivity index (χ1n) is 7.92.